The van der Waals surface area contributed by atoms with Crippen LogP contribution in [0.5, 0.6) is 23.0 Å². The number of ether oxygens (including phenoxy) is 4. The number of aliphatic imine (C=N–C) groups is 1. The minimum absolute atomic E-state index is 0.243. The van der Waals surface area contributed by atoms with Crippen molar-refractivity contribution in [1.29, 1.82) is 0 Å². The SMILES string of the molecule is COc1cc(N)c(C(C)C)cc1OC.COc1cc(N=C=O)c(C(C)C)cc1OC. The predicted molar refractivity (Wildman–Crippen MR) is 119 cm³/mol. The highest BCUT2D eigenvalue weighted by Crippen LogP contribution is 2.38. The molecule has 0 aromatic heterocycles. The van der Waals surface area contributed by atoms with Crippen molar-refractivity contribution in [3.63, 3.8) is 0 Å². The molecule has 0 atom stereocenters. The number of carbonyl (C=O) groups excluding carboxylic acids is 1. The van der Waals surface area contributed by atoms with Crippen molar-refractivity contribution in [3.05, 3.63) is 35.4 Å². The lowest BCUT2D eigenvalue weighted by molar-refractivity contribution is 0.354. The second kappa shape index (κ2) is 11.7. The van der Waals surface area contributed by atoms with Crippen LogP contribution in [0.2, 0.25) is 0 Å². The summed E-state index contributed by atoms with van der Waals surface area (Å²) in [6, 6.07) is 7.24. The third kappa shape index (κ3) is 6.16. The molecule has 0 heterocycles. The summed E-state index contributed by atoms with van der Waals surface area (Å²) in [5.41, 5.74) is 9.22. The zero-order chi connectivity index (χ0) is 22.8. The van der Waals surface area contributed by atoms with Gasteiger partial charge in [-0.05, 0) is 35.1 Å². The molecule has 7 heteroatoms. The Morgan fingerprint density at radius 1 is 0.733 bits per heavy atom. The van der Waals surface area contributed by atoms with E-state index in [0.29, 0.717) is 28.9 Å². The fraction of sp³-hybridized carbons (Fsp3) is 0.435. The molecule has 0 aliphatic heterocycles. The van der Waals surface area contributed by atoms with E-state index in [0.717, 1.165) is 22.6 Å². The lowest BCUT2D eigenvalue weighted by Crippen LogP contribution is -1.99. The first-order valence-corrected chi connectivity index (χ1v) is 9.59. The number of hydrogen-bond donors (Lipinski definition) is 1. The Hall–Kier alpha value is -3.18. The van der Waals surface area contributed by atoms with Gasteiger partial charge in [-0.1, -0.05) is 27.7 Å². The minimum atomic E-state index is 0.243. The van der Waals surface area contributed by atoms with Crippen molar-refractivity contribution in [1.82, 2.24) is 0 Å². The molecular formula is C23H32N2O5. The van der Waals surface area contributed by atoms with Crippen molar-refractivity contribution < 1.29 is 23.7 Å². The zero-order valence-corrected chi connectivity index (χ0v) is 19.0. The second-order valence-electron chi connectivity index (χ2n) is 7.11. The average molecular weight is 417 g/mol. The summed E-state index contributed by atoms with van der Waals surface area (Å²) < 4.78 is 20.7. The van der Waals surface area contributed by atoms with E-state index in [1.807, 2.05) is 26.0 Å². The average Bonchev–Trinajstić information content (AvgIpc) is 2.73. The molecule has 0 fully saturated rings. The van der Waals surface area contributed by atoms with E-state index in [-0.39, 0.29) is 5.92 Å². The van der Waals surface area contributed by atoms with E-state index in [1.165, 1.54) is 0 Å². The molecule has 164 valence electrons. The molecule has 2 N–H and O–H groups in total. The van der Waals surface area contributed by atoms with Gasteiger partial charge in [0, 0.05) is 17.8 Å². The van der Waals surface area contributed by atoms with Gasteiger partial charge in [0.05, 0.1) is 34.1 Å². The van der Waals surface area contributed by atoms with Crippen molar-refractivity contribution in [2.24, 2.45) is 4.99 Å². The van der Waals surface area contributed by atoms with Gasteiger partial charge in [-0.3, -0.25) is 0 Å². The van der Waals surface area contributed by atoms with Gasteiger partial charge >= 0.3 is 0 Å². The number of methoxy groups -OCH3 is 4. The van der Waals surface area contributed by atoms with Crippen molar-refractivity contribution >= 4 is 17.5 Å². The van der Waals surface area contributed by atoms with Crippen LogP contribution in [0.15, 0.2) is 29.3 Å². The molecular weight excluding hydrogens is 384 g/mol. The Kier molecular flexibility index (Phi) is 9.72. The first kappa shape index (κ1) is 24.9. The molecule has 0 amide bonds. The molecule has 0 saturated heterocycles. The molecule has 0 spiro atoms. The summed E-state index contributed by atoms with van der Waals surface area (Å²) in [5, 5.41) is 0. The highest BCUT2D eigenvalue weighted by atomic mass is 16.5. The lowest BCUT2D eigenvalue weighted by Gasteiger charge is -2.14. The molecule has 0 aliphatic rings. The van der Waals surface area contributed by atoms with Crippen LogP contribution >= 0.6 is 0 Å². The van der Waals surface area contributed by atoms with Crippen LogP contribution in [0.1, 0.15) is 50.7 Å². The van der Waals surface area contributed by atoms with E-state index < -0.39 is 0 Å². The Balaban J connectivity index is 0.000000303. The van der Waals surface area contributed by atoms with Gasteiger partial charge in [0.1, 0.15) is 0 Å². The number of benzene rings is 2. The lowest BCUT2D eigenvalue weighted by atomic mass is 10.0. The Morgan fingerprint density at radius 2 is 1.13 bits per heavy atom. The number of isocyanates is 1. The fourth-order valence-electron chi connectivity index (χ4n) is 2.90. The van der Waals surface area contributed by atoms with Crippen LogP contribution in [0, 0.1) is 0 Å². The maximum atomic E-state index is 10.3. The molecule has 2 aromatic carbocycles. The van der Waals surface area contributed by atoms with Crippen LogP contribution in [-0.4, -0.2) is 34.5 Å². The molecule has 0 bridgehead atoms. The number of hydrogen-bond acceptors (Lipinski definition) is 7. The maximum Gasteiger partial charge on any atom is 0.240 e. The second-order valence-corrected chi connectivity index (χ2v) is 7.11. The normalized spacial score (nSPS) is 10.1. The predicted octanol–water partition coefficient (Wildman–Crippen LogP) is 5.20. The van der Waals surface area contributed by atoms with E-state index in [2.05, 4.69) is 18.8 Å². The summed E-state index contributed by atoms with van der Waals surface area (Å²) in [6.45, 7) is 8.23. The highest BCUT2D eigenvalue weighted by molar-refractivity contribution is 5.62. The van der Waals surface area contributed by atoms with Gasteiger partial charge < -0.3 is 24.7 Å². The summed E-state index contributed by atoms with van der Waals surface area (Å²) in [6.07, 6.45) is 1.55. The van der Waals surface area contributed by atoms with Crippen molar-refractivity contribution in [3.8, 4) is 23.0 Å². The number of rotatable bonds is 7. The molecule has 2 rings (SSSR count). The first-order chi connectivity index (χ1) is 14.2. The Bertz CT molecular complexity index is 888. The maximum absolute atomic E-state index is 10.3. The van der Waals surface area contributed by atoms with Gasteiger partial charge in [-0.15, -0.1) is 0 Å². The van der Waals surface area contributed by atoms with Crippen LogP contribution in [0.4, 0.5) is 11.4 Å². The van der Waals surface area contributed by atoms with Gasteiger partial charge in [0.25, 0.3) is 0 Å². The van der Waals surface area contributed by atoms with Crippen LogP contribution < -0.4 is 24.7 Å². The van der Waals surface area contributed by atoms with Crippen LogP contribution in [0.3, 0.4) is 0 Å². The van der Waals surface area contributed by atoms with Crippen molar-refractivity contribution in [2.75, 3.05) is 34.2 Å². The monoisotopic (exact) mass is 416 g/mol. The molecule has 30 heavy (non-hydrogen) atoms. The quantitative estimate of drug-likeness (QED) is 0.379. The molecule has 0 saturated carbocycles. The molecule has 2 aromatic rings. The van der Waals surface area contributed by atoms with Gasteiger partial charge in [-0.25, -0.2) is 4.79 Å². The topological polar surface area (TPSA) is 92.4 Å². The number of nitrogens with zero attached hydrogens (tertiary/aromatic N) is 1. The standard InChI is InChI=1S/C12H15NO3.C11H17NO2/c1-8(2)9-5-11(15-3)12(16-4)6-10(9)13-7-14;1-7(2)8-5-10(13-3)11(14-4)6-9(8)12/h5-6,8H,1-4H3;5-7H,12H2,1-4H3. The van der Waals surface area contributed by atoms with Gasteiger partial charge in [0.2, 0.25) is 6.08 Å². The van der Waals surface area contributed by atoms with E-state index in [4.69, 9.17) is 24.7 Å². The fourth-order valence-corrected chi connectivity index (χ4v) is 2.90. The number of nitrogen functional groups attached to an aromatic ring is 1. The summed E-state index contributed by atoms with van der Waals surface area (Å²) in [7, 11) is 6.34. The largest absolute Gasteiger partial charge is 0.493 e. The minimum Gasteiger partial charge on any atom is -0.493 e. The molecule has 0 radical (unpaired) electrons. The number of nitrogens with two attached hydrogens (primary N) is 1. The van der Waals surface area contributed by atoms with E-state index in [1.54, 1.807) is 46.7 Å². The molecule has 7 nitrogen and oxygen atoms in total. The van der Waals surface area contributed by atoms with Crippen LogP contribution in [-0.2, 0) is 4.79 Å². The smallest absolute Gasteiger partial charge is 0.240 e. The summed E-state index contributed by atoms with van der Waals surface area (Å²) >= 11 is 0. The van der Waals surface area contributed by atoms with E-state index in [9.17, 15) is 4.79 Å². The van der Waals surface area contributed by atoms with Gasteiger partial charge in [-0.2, -0.15) is 4.99 Å². The molecule has 0 aliphatic carbocycles. The Labute approximate surface area is 178 Å². The third-order valence-electron chi connectivity index (χ3n) is 4.53. The summed E-state index contributed by atoms with van der Waals surface area (Å²) in [4.78, 5) is 14.0. The Morgan fingerprint density at radius 3 is 1.53 bits per heavy atom. The number of anilines is 1. The van der Waals surface area contributed by atoms with E-state index >= 15 is 0 Å². The third-order valence-corrected chi connectivity index (χ3v) is 4.53. The molecule has 0 unspecified atom stereocenters. The van der Waals surface area contributed by atoms with Crippen molar-refractivity contribution in [2.45, 2.75) is 39.5 Å². The van der Waals surface area contributed by atoms with Gasteiger partial charge in [0.15, 0.2) is 23.0 Å². The summed E-state index contributed by atoms with van der Waals surface area (Å²) in [5.74, 6) is 3.22. The first-order valence-electron chi connectivity index (χ1n) is 9.59. The highest BCUT2D eigenvalue weighted by Gasteiger charge is 2.13. The van der Waals surface area contributed by atoms with Crippen LogP contribution in [0.25, 0.3) is 0 Å². The zero-order valence-electron chi connectivity index (χ0n) is 19.0.